The van der Waals surface area contributed by atoms with Gasteiger partial charge in [0.05, 0.1) is 24.3 Å². The van der Waals surface area contributed by atoms with Gasteiger partial charge in [0.25, 0.3) is 0 Å². The van der Waals surface area contributed by atoms with Crippen molar-refractivity contribution in [2.75, 3.05) is 31.2 Å². The highest BCUT2D eigenvalue weighted by Gasteiger charge is 2.46. The van der Waals surface area contributed by atoms with E-state index < -0.39 is 0 Å². The van der Waals surface area contributed by atoms with Crippen LogP contribution >= 0.6 is 0 Å². The Morgan fingerprint density at radius 2 is 1.72 bits per heavy atom. The van der Waals surface area contributed by atoms with Crippen molar-refractivity contribution in [3.05, 3.63) is 22.4 Å². The van der Waals surface area contributed by atoms with E-state index in [1.807, 2.05) is 0 Å². The number of rotatable bonds is 1. The number of pyridine rings is 1. The fourth-order valence-electron chi connectivity index (χ4n) is 5.24. The number of nitrogens with zero attached hydrogens (tertiary/aromatic N) is 4. The molecular weight excluding hydrogens is 364 g/mol. The van der Waals surface area contributed by atoms with E-state index in [0.717, 1.165) is 56.4 Å². The van der Waals surface area contributed by atoms with Gasteiger partial charge in [-0.1, -0.05) is 12.8 Å². The first-order valence-corrected chi connectivity index (χ1v) is 10.9. The van der Waals surface area contributed by atoms with Crippen LogP contribution in [0.25, 0.3) is 0 Å². The summed E-state index contributed by atoms with van der Waals surface area (Å²) in [6.07, 6.45) is 8.14. The minimum absolute atomic E-state index is 0.383. The van der Waals surface area contributed by atoms with Crippen molar-refractivity contribution in [3.8, 4) is 12.1 Å². The van der Waals surface area contributed by atoms with Gasteiger partial charge in [-0.2, -0.15) is 10.5 Å². The zero-order valence-electron chi connectivity index (χ0n) is 17.6. The minimum atomic E-state index is -0.384. The molecule has 2 aliphatic heterocycles. The van der Waals surface area contributed by atoms with Gasteiger partial charge in [0, 0.05) is 18.8 Å². The largest absolute Gasteiger partial charge is 0.378 e. The maximum atomic E-state index is 10.00. The van der Waals surface area contributed by atoms with Gasteiger partial charge in [0.2, 0.25) is 0 Å². The number of hydrogen-bond donors (Lipinski definition) is 0. The van der Waals surface area contributed by atoms with Crippen molar-refractivity contribution in [3.63, 3.8) is 0 Å². The lowest BCUT2D eigenvalue weighted by molar-refractivity contribution is -0.197. The van der Waals surface area contributed by atoms with Gasteiger partial charge in [-0.15, -0.1) is 0 Å². The molecule has 1 spiro atoms. The van der Waals surface area contributed by atoms with E-state index in [2.05, 4.69) is 30.9 Å². The molecule has 1 unspecified atom stereocenters. The number of ether oxygens (including phenoxy) is 2. The van der Waals surface area contributed by atoms with Gasteiger partial charge in [0.1, 0.15) is 29.1 Å². The molecule has 1 aliphatic carbocycles. The van der Waals surface area contributed by atoms with E-state index >= 15 is 0 Å². The summed E-state index contributed by atoms with van der Waals surface area (Å²) in [5.74, 6) is 0.657. The van der Waals surface area contributed by atoms with E-state index in [-0.39, 0.29) is 11.2 Å². The van der Waals surface area contributed by atoms with Crippen molar-refractivity contribution in [2.45, 2.75) is 76.4 Å². The maximum Gasteiger partial charge on any atom is 0.148 e. The van der Waals surface area contributed by atoms with Crippen molar-refractivity contribution in [1.29, 1.82) is 10.5 Å². The number of nitriles is 2. The Morgan fingerprint density at radius 3 is 2.41 bits per heavy atom. The molecule has 4 rings (SSSR count). The summed E-state index contributed by atoms with van der Waals surface area (Å²) in [6.45, 7) is 6.78. The Hall–Kier alpha value is -2.15. The smallest absolute Gasteiger partial charge is 0.148 e. The SMILES string of the molecule is CC1(C)CN(c2nc3c(c(C#N)c2C#N)CCCCCC3)CC2(CCCOC2)O1. The molecule has 29 heavy (non-hydrogen) atoms. The molecule has 1 atom stereocenters. The van der Waals surface area contributed by atoms with Crippen LogP contribution in [0.1, 0.15) is 74.8 Å². The van der Waals surface area contributed by atoms with Crippen LogP contribution in [-0.4, -0.2) is 42.5 Å². The Labute approximate surface area is 173 Å². The number of morpholine rings is 1. The highest BCUT2D eigenvalue weighted by atomic mass is 16.6. The monoisotopic (exact) mass is 394 g/mol. The number of aryl methyl sites for hydroxylation is 1. The van der Waals surface area contributed by atoms with Gasteiger partial charge in [-0.3, -0.25) is 0 Å². The van der Waals surface area contributed by atoms with Gasteiger partial charge in [-0.05, 0) is 57.9 Å². The Balaban J connectivity index is 1.80. The second-order valence-corrected chi connectivity index (χ2v) is 9.31. The van der Waals surface area contributed by atoms with Crippen molar-refractivity contribution in [1.82, 2.24) is 4.98 Å². The summed E-state index contributed by atoms with van der Waals surface area (Å²) < 4.78 is 12.3. The van der Waals surface area contributed by atoms with Gasteiger partial charge < -0.3 is 14.4 Å². The molecule has 0 radical (unpaired) electrons. The van der Waals surface area contributed by atoms with E-state index in [1.165, 1.54) is 12.8 Å². The molecule has 0 saturated carbocycles. The molecule has 154 valence electrons. The first-order chi connectivity index (χ1) is 14.0. The summed E-state index contributed by atoms with van der Waals surface area (Å²) in [4.78, 5) is 7.19. The van der Waals surface area contributed by atoms with Crippen molar-refractivity contribution >= 4 is 5.82 Å². The first kappa shape index (κ1) is 20.1. The van der Waals surface area contributed by atoms with Crippen LogP contribution in [-0.2, 0) is 22.3 Å². The predicted octanol–water partition coefficient (Wildman–Crippen LogP) is 3.65. The van der Waals surface area contributed by atoms with E-state index in [4.69, 9.17) is 14.5 Å². The van der Waals surface area contributed by atoms with Crippen molar-refractivity contribution in [2.24, 2.45) is 0 Å². The highest BCUT2D eigenvalue weighted by Crippen LogP contribution is 2.38. The third-order valence-electron chi connectivity index (χ3n) is 6.31. The van der Waals surface area contributed by atoms with Crippen LogP contribution in [0, 0.1) is 22.7 Å². The average molecular weight is 395 g/mol. The highest BCUT2D eigenvalue weighted by molar-refractivity contribution is 5.65. The molecule has 2 saturated heterocycles. The second-order valence-electron chi connectivity index (χ2n) is 9.31. The minimum Gasteiger partial charge on any atom is -0.378 e. The number of hydrogen-bond acceptors (Lipinski definition) is 6. The molecule has 1 aromatic rings. The molecule has 0 bridgehead atoms. The van der Waals surface area contributed by atoms with E-state index in [0.29, 0.717) is 36.6 Å². The first-order valence-electron chi connectivity index (χ1n) is 10.9. The lowest BCUT2D eigenvalue weighted by Gasteiger charge is -2.51. The number of fused-ring (bicyclic) bond motifs is 1. The summed E-state index contributed by atoms with van der Waals surface area (Å²) in [7, 11) is 0. The number of aromatic nitrogens is 1. The van der Waals surface area contributed by atoms with Crippen LogP contribution in [0.3, 0.4) is 0 Å². The standard InChI is InChI=1S/C23H30N4O2/c1-22(2)14-27(15-23(29-22)10-7-11-28-16-23)21-19(13-25)18(12-24)17-8-5-3-4-6-9-20(17)26-21/h3-11,14-16H2,1-2H3. The van der Waals surface area contributed by atoms with Crippen LogP contribution in [0.15, 0.2) is 0 Å². The molecule has 0 N–H and O–H groups in total. The fraction of sp³-hybridized carbons (Fsp3) is 0.696. The van der Waals surface area contributed by atoms with Crippen LogP contribution in [0.2, 0.25) is 0 Å². The topological polar surface area (TPSA) is 82.2 Å². The molecular formula is C23H30N4O2. The molecule has 1 aromatic heterocycles. The summed E-state index contributed by atoms with van der Waals surface area (Å²) in [5, 5.41) is 19.9. The molecule has 0 aromatic carbocycles. The summed E-state index contributed by atoms with van der Waals surface area (Å²) in [5.41, 5.74) is 2.20. The van der Waals surface area contributed by atoms with E-state index in [9.17, 15) is 10.5 Å². The van der Waals surface area contributed by atoms with Gasteiger partial charge in [-0.25, -0.2) is 4.98 Å². The third-order valence-corrected chi connectivity index (χ3v) is 6.31. The lowest BCUT2D eigenvalue weighted by atomic mass is 9.89. The second kappa shape index (κ2) is 7.94. The third kappa shape index (κ3) is 3.97. The lowest BCUT2D eigenvalue weighted by Crippen LogP contribution is -2.63. The quantitative estimate of drug-likeness (QED) is 0.723. The Bertz CT molecular complexity index is 859. The van der Waals surface area contributed by atoms with Gasteiger partial charge >= 0.3 is 0 Å². The van der Waals surface area contributed by atoms with E-state index in [1.54, 1.807) is 0 Å². The van der Waals surface area contributed by atoms with Gasteiger partial charge in [0.15, 0.2) is 0 Å². The Kier molecular flexibility index (Phi) is 5.51. The molecule has 3 heterocycles. The zero-order valence-corrected chi connectivity index (χ0v) is 17.6. The molecule has 2 fully saturated rings. The summed E-state index contributed by atoms with van der Waals surface area (Å²) >= 11 is 0. The number of anilines is 1. The normalized spacial score (nSPS) is 26.7. The molecule has 3 aliphatic rings. The average Bonchev–Trinajstić information content (AvgIpc) is 2.66. The Morgan fingerprint density at radius 1 is 0.966 bits per heavy atom. The maximum absolute atomic E-state index is 10.00. The molecule has 6 nitrogen and oxygen atoms in total. The van der Waals surface area contributed by atoms with Crippen LogP contribution in [0.5, 0.6) is 0 Å². The van der Waals surface area contributed by atoms with Crippen molar-refractivity contribution < 1.29 is 9.47 Å². The molecule has 0 amide bonds. The van der Waals surface area contributed by atoms with Crippen LogP contribution in [0.4, 0.5) is 5.82 Å². The molecule has 6 heteroatoms. The van der Waals surface area contributed by atoms with Crippen LogP contribution < -0.4 is 4.90 Å². The fourth-order valence-corrected chi connectivity index (χ4v) is 5.24. The predicted molar refractivity (Wildman–Crippen MR) is 110 cm³/mol. The summed E-state index contributed by atoms with van der Waals surface area (Å²) in [6, 6.07) is 4.67. The zero-order chi connectivity index (χ0) is 20.5.